The van der Waals surface area contributed by atoms with Crippen molar-refractivity contribution in [1.82, 2.24) is 0 Å². The lowest BCUT2D eigenvalue weighted by molar-refractivity contribution is 0.0392. The van der Waals surface area contributed by atoms with E-state index < -0.39 is 13.3 Å². The van der Waals surface area contributed by atoms with Gasteiger partial charge >= 0.3 is 13.3 Å². The number of alkyl halides is 2. The maximum atomic E-state index is 13.9. The quantitative estimate of drug-likeness (QED) is 0.731. The normalized spacial score (nSPS) is 13.0. The van der Waals surface area contributed by atoms with Crippen molar-refractivity contribution >= 4 is 18.9 Å². The van der Waals surface area contributed by atoms with Gasteiger partial charge in [0.2, 0.25) is 0 Å². The third-order valence-electron chi connectivity index (χ3n) is 1.76. The molecule has 0 aromatic carbocycles. The van der Waals surface area contributed by atoms with Crippen LogP contribution in [-0.4, -0.2) is 13.2 Å². The van der Waals surface area contributed by atoms with Crippen LogP contribution in [0.3, 0.4) is 0 Å². The predicted octanol–water partition coefficient (Wildman–Crippen LogP) is 4.06. The van der Waals surface area contributed by atoms with Crippen molar-refractivity contribution in [3.63, 3.8) is 0 Å². The largest absolute Gasteiger partial charge is 0.405 e. The van der Waals surface area contributed by atoms with Crippen molar-refractivity contribution < 1.29 is 22.4 Å². The number of rotatable bonds is 6. The van der Waals surface area contributed by atoms with E-state index in [2.05, 4.69) is 9.05 Å². The van der Waals surface area contributed by atoms with Crippen molar-refractivity contribution in [1.29, 1.82) is 0 Å². The smallest absolute Gasteiger partial charge is 0.304 e. The van der Waals surface area contributed by atoms with Gasteiger partial charge in [-0.2, -0.15) is 8.78 Å². The number of halogens is 2. The molecule has 3 nitrogen and oxygen atoms in total. The molecule has 16 heavy (non-hydrogen) atoms. The molecule has 1 aromatic rings. The molecular weight excluding hydrogens is 257 g/mol. The molecule has 0 radical (unpaired) electrons. The monoisotopic (exact) mass is 270 g/mol. The molecule has 1 heterocycles. The summed E-state index contributed by atoms with van der Waals surface area (Å²) in [5.74, 6) is 0. The molecule has 0 N–H and O–H groups in total. The second-order valence-electron chi connectivity index (χ2n) is 2.85. The minimum atomic E-state index is -4.43. The summed E-state index contributed by atoms with van der Waals surface area (Å²) in [4.78, 5) is -0.308. The van der Waals surface area contributed by atoms with E-state index in [-0.39, 0.29) is 18.1 Å². The Balaban J connectivity index is 3.06. The van der Waals surface area contributed by atoms with Gasteiger partial charge in [0, 0.05) is 0 Å². The summed E-state index contributed by atoms with van der Waals surface area (Å²) in [7, 11) is -4.43. The summed E-state index contributed by atoms with van der Waals surface area (Å²) in [6, 6.07) is 2.69. The zero-order valence-corrected chi connectivity index (χ0v) is 10.7. The second-order valence-corrected chi connectivity index (χ2v) is 5.87. The molecule has 92 valence electrons. The van der Waals surface area contributed by atoms with Crippen molar-refractivity contribution in [2.75, 3.05) is 13.2 Å². The van der Waals surface area contributed by atoms with E-state index in [4.69, 9.17) is 0 Å². The van der Waals surface area contributed by atoms with Gasteiger partial charge in [-0.1, -0.05) is 6.07 Å². The van der Waals surface area contributed by atoms with Crippen LogP contribution in [0.25, 0.3) is 0 Å². The van der Waals surface area contributed by atoms with Crippen LogP contribution in [0.4, 0.5) is 8.78 Å². The van der Waals surface area contributed by atoms with Crippen LogP contribution in [0.1, 0.15) is 18.7 Å². The van der Waals surface area contributed by atoms with Crippen molar-refractivity contribution in [3.05, 3.63) is 22.4 Å². The molecule has 0 spiro atoms. The topological polar surface area (TPSA) is 35.5 Å². The highest BCUT2D eigenvalue weighted by Crippen LogP contribution is 2.67. The molecule has 0 saturated carbocycles. The average molecular weight is 270 g/mol. The van der Waals surface area contributed by atoms with Gasteiger partial charge in [-0.25, -0.2) is 0 Å². The predicted molar refractivity (Wildman–Crippen MR) is 59.1 cm³/mol. The van der Waals surface area contributed by atoms with Gasteiger partial charge in [0.1, 0.15) is 0 Å². The lowest BCUT2D eigenvalue weighted by Gasteiger charge is -2.24. The SMILES string of the molecule is CCOP(=O)(OCC)C(F)(F)c1cccs1. The number of hydrogen-bond donors (Lipinski definition) is 0. The molecule has 1 aromatic heterocycles. The van der Waals surface area contributed by atoms with Crippen molar-refractivity contribution in [2.45, 2.75) is 19.5 Å². The Morgan fingerprint density at radius 3 is 2.31 bits per heavy atom. The molecule has 0 aliphatic carbocycles. The zero-order chi connectivity index (χ0) is 12.2. The molecule has 0 saturated heterocycles. The molecule has 0 bridgehead atoms. The molecule has 7 heteroatoms. The van der Waals surface area contributed by atoms with Crippen LogP contribution in [0, 0.1) is 0 Å². The Morgan fingerprint density at radius 1 is 1.38 bits per heavy atom. The van der Waals surface area contributed by atoms with Crippen LogP contribution in [0.2, 0.25) is 0 Å². The third-order valence-corrected chi connectivity index (χ3v) is 4.98. The van der Waals surface area contributed by atoms with E-state index in [9.17, 15) is 13.3 Å². The second kappa shape index (κ2) is 5.36. The van der Waals surface area contributed by atoms with Crippen LogP contribution in [0.5, 0.6) is 0 Å². The van der Waals surface area contributed by atoms with E-state index >= 15 is 0 Å². The summed E-state index contributed by atoms with van der Waals surface area (Å²) >= 11 is 0.826. The fourth-order valence-electron chi connectivity index (χ4n) is 1.12. The summed E-state index contributed by atoms with van der Waals surface area (Å²) in [6.07, 6.45) is 0. The van der Waals surface area contributed by atoms with E-state index in [0.29, 0.717) is 0 Å². The van der Waals surface area contributed by atoms with E-state index in [1.807, 2.05) is 0 Å². The van der Waals surface area contributed by atoms with Crippen LogP contribution in [0.15, 0.2) is 17.5 Å². The highest BCUT2D eigenvalue weighted by molar-refractivity contribution is 7.55. The van der Waals surface area contributed by atoms with Gasteiger partial charge in [-0.05, 0) is 25.3 Å². The molecule has 0 unspecified atom stereocenters. The fraction of sp³-hybridized carbons (Fsp3) is 0.556. The van der Waals surface area contributed by atoms with Gasteiger partial charge in [0.15, 0.2) is 0 Å². The van der Waals surface area contributed by atoms with Gasteiger partial charge < -0.3 is 9.05 Å². The average Bonchev–Trinajstić information content (AvgIpc) is 2.71. The molecule has 1 rings (SSSR count). The summed E-state index contributed by atoms with van der Waals surface area (Å²) in [6.45, 7) is 2.82. The van der Waals surface area contributed by atoms with Crippen LogP contribution < -0.4 is 0 Å². The summed E-state index contributed by atoms with van der Waals surface area (Å²) in [5.41, 5.74) is -3.59. The molecule has 0 amide bonds. The Labute approximate surface area is 96.9 Å². The first-order valence-electron chi connectivity index (χ1n) is 4.79. The molecule has 0 aliphatic rings. The first-order chi connectivity index (χ1) is 7.48. The summed E-state index contributed by atoms with van der Waals surface area (Å²) < 4.78 is 49.1. The van der Waals surface area contributed by atoms with Crippen LogP contribution >= 0.6 is 18.9 Å². The number of hydrogen-bond acceptors (Lipinski definition) is 4. The maximum absolute atomic E-state index is 13.9. The molecule has 0 fully saturated rings. The molecular formula is C9H13F2O3PS. The van der Waals surface area contributed by atoms with Crippen molar-refractivity contribution in [3.8, 4) is 0 Å². The first kappa shape index (κ1) is 13.8. The molecule has 0 atom stereocenters. The maximum Gasteiger partial charge on any atom is 0.405 e. The third kappa shape index (κ3) is 2.51. The van der Waals surface area contributed by atoms with E-state index in [1.165, 1.54) is 31.4 Å². The Bertz CT molecular complexity index is 357. The fourth-order valence-corrected chi connectivity index (χ4v) is 3.64. The minimum Gasteiger partial charge on any atom is -0.304 e. The summed E-state index contributed by atoms with van der Waals surface area (Å²) in [5, 5.41) is 1.49. The van der Waals surface area contributed by atoms with E-state index in [1.54, 1.807) is 0 Å². The minimum absolute atomic E-state index is 0.0851. The van der Waals surface area contributed by atoms with Crippen LogP contribution in [-0.2, 0) is 19.3 Å². The molecule has 0 aliphatic heterocycles. The van der Waals surface area contributed by atoms with E-state index in [0.717, 1.165) is 11.3 Å². The Morgan fingerprint density at radius 2 is 1.94 bits per heavy atom. The Kier molecular flexibility index (Phi) is 4.62. The van der Waals surface area contributed by atoms with Crippen molar-refractivity contribution in [2.24, 2.45) is 0 Å². The Hall–Kier alpha value is -0.290. The van der Waals surface area contributed by atoms with Gasteiger partial charge in [-0.15, -0.1) is 11.3 Å². The standard InChI is InChI=1S/C9H13F2O3PS/c1-3-13-15(12,14-4-2)9(10,11)8-6-5-7-16-8/h5-7H,3-4H2,1-2H3. The van der Waals surface area contributed by atoms with Gasteiger partial charge in [0.25, 0.3) is 0 Å². The van der Waals surface area contributed by atoms with Gasteiger partial charge in [-0.3, -0.25) is 4.57 Å². The highest BCUT2D eigenvalue weighted by Gasteiger charge is 2.55. The highest BCUT2D eigenvalue weighted by atomic mass is 32.1. The zero-order valence-electron chi connectivity index (χ0n) is 8.98. The lowest BCUT2D eigenvalue weighted by atomic mass is 10.5. The lowest BCUT2D eigenvalue weighted by Crippen LogP contribution is -2.16. The number of thiophene rings is 1. The first-order valence-corrected chi connectivity index (χ1v) is 7.21. The van der Waals surface area contributed by atoms with Gasteiger partial charge in [0.05, 0.1) is 18.1 Å².